The molecule has 0 unspecified atom stereocenters. The third-order valence-corrected chi connectivity index (χ3v) is 4.51. The molecule has 0 saturated heterocycles. The van der Waals surface area contributed by atoms with E-state index in [9.17, 15) is 4.79 Å². The van der Waals surface area contributed by atoms with E-state index in [0.717, 1.165) is 35.4 Å². The number of nitrogens with zero attached hydrogens (tertiary/aromatic N) is 3. The number of aryl methyl sites for hydroxylation is 2. The van der Waals surface area contributed by atoms with Crippen LogP contribution in [0.15, 0.2) is 55.1 Å². The number of pyridine rings is 1. The second-order valence-corrected chi connectivity index (χ2v) is 6.48. The smallest absolute Gasteiger partial charge is 0.251 e. The molecule has 1 amide bonds. The third-order valence-electron chi connectivity index (χ3n) is 4.51. The minimum Gasteiger partial charge on any atom is -0.342 e. The van der Waals surface area contributed by atoms with Crippen molar-refractivity contribution in [3.05, 3.63) is 72.1 Å². The molecule has 26 heavy (non-hydrogen) atoms. The number of imidazole rings is 1. The summed E-state index contributed by atoms with van der Waals surface area (Å²) in [6.45, 7) is 4.13. The molecule has 3 aromatic rings. The molecule has 2 heterocycles. The van der Waals surface area contributed by atoms with Crippen LogP contribution in [-0.2, 0) is 7.05 Å². The average Bonchev–Trinajstić information content (AvgIpc) is 3.07. The number of carbonyl (C=O) groups is 1. The van der Waals surface area contributed by atoms with Gasteiger partial charge in [0, 0.05) is 37.4 Å². The Morgan fingerprint density at radius 1 is 1.27 bits per heavy atom. The van der Waals surface area contributed by atoms with Crippen LogP contribution in [-0.4, -0.2) is 20.4 Å². The zero-order chi connectivity index (χ0) is 18.5. The summed E-state index contributed by atoms with van der Waals surface area (Å²) >= 11 is 0. The molecule has 3 rings (SSSR count). The highest BCUT2D eigenvalue weighted by Gasteiger charge is 2.19. The summed E-state index contributed by atoms with van der Waals surface area (Å²) in [5.74, 6) is 0.793. The lowest BCUT2D eigenvalue weighted by Gasteiger charge is -2.18. The topological polar surface area (TPSA) is 59.8 Å². The summed E-state index contributed by atoms with van der Waals surface area (Å²) in [6.07, 6.45) is 9.08. The van der Waals surface area contributed by atoms with Gasteiger partial charge in [0.05, 0.1) is 6.04 Å². The number of hydrogen-bond acceptors (Lipinski definition) is 3. The van der Waals surface area contributed by atoms with Crippen molar-refractivity contribution in [2.45, 2.75) is 32.7 Å². The normalized spacial score (nSPS) is 12.0. The van der Waals surface area contributed by atoms with Gasteiger partial charge >= 0.3 is 0 Å². The number of hydrogen-bond donors (Lipinski definition) is 1. The van der Waals surface area contributed by atoms with E-state index in [-0.39, 0.29) is 11.9 Å². The van der Waals surface area contributed by atoms with Gasteiger partial charge in [-0.1, -0.05) is 25.5 Å². The Bertz CT molecular complexity index is 900. The van der Waals surface area contributed by atoms with Gasteiger partial charge in [-0.15, -0.1) is 0 Å². The number of rotatable bonds is 6. The molecule has 0 radical (unpaired) electrons. The number of amides is 1. The average molecular weight is 348 g/mol. The Kier molecular flexibility index (Phi) is 5.46. The first kappa shape index (κ1) is 17.9. The molecule has 0 aliphatic heterocycles. The van der Waals surface area contributed by atoms with E-state index in [4.69, 9.17) is 0 Å². The monoisotopic (exact) mass is 348 g/mol. The van der Waals surface area contributed by atoms with Gasteiger partial charge in [0.25, 0.3) is 5.91 Å². The number of carbonyl (C=O) groups excluding carboxylic acids is 1. The number of aromatic nitrogens is 3. The first-order valence-electron chi connectivity index (χ1n) is 8.89. The van der Waals surface area contributed by atoms with Crippen LogP contribution >= 0.6 is 0 Å². The van der Waals surface area contributed by atoms with Gasteiger partial charge in [-0.05, 0) is 48.2 Å². The van der Waals surface area contributed by atoms with Crippen LogP contribution in [0.5, 0.6) is 0 Å². The molecule has 1 N–H and O–H groups in total. The Labute approximate surface area is 154 Å². The molecule has 134 valence electrons. The molecule has 1 aromatic carbocycles. The quantitative estimate of drug-likeness (QED) is 0.731. The molecule has 5 heteroatoms. The first-order valence-corrected chi connectivity index (χ1v) is 8.89. The molecular weight excluding hydrogens is 324 g/mol. The van der Waals surface area contributed by atoms with Crippen molar-refractivity contribution in [1.82, 2.24) is 19.9 Å². The second kappa shape index (κ2) is 7.95. The molecule has 5 nitrogen and oxygen atoms in total. The van der Waals surface area contributed by atoms with E-state index >= 15 is 0 Å². The highest BCUT2D eigenvalue weighted by Crippen LogP contribution is 2.24. The van der Waals surface area contributed by atoms with Crippen LogP contribution in [0.3, 0.4) is 0 Å². The van der Waals surface area contributed by atoms with Crippen LogP contribution in [0.1, 0.15) is 47.6 Å². The number of nitrogens with one attached hydrogen (secondary N) is 1. The van der Waals surface area contributed by atoms with Crippen molar-refractivity contribution in [2.75, 3.05) is 0 Å². The van der Waals surface area contributed by atoms with Crippen molar-refractivity contribution in [3.8, 4) is 11.1 Å². The molecule has 2 aromatic heterocycles. The van der Waals surface area contributed by atoms with Crippen LogP contribution in [0.2, 0.25) is 0 Å². The van der Waals surface area contributed by atoms with Gasteiger partial charge in [0.1, 0.15) is 5.82 Å². The van der Waals surface area contributed by atoms with Gasteiger partial charge < -0.3 is 9.88 Å². The van der Waals surface area contributed by atoms with E-state index in [2.05, 4.69) is 22.2 Å². The molecule has 0 fully saturated rings. The van der Waals surface area contributed by atoms with E-state index in [0.29, 0.717) is 5.56 Å². The van der Waals surface area contributed by atoms with Gasteiger partial charge in [-0.3, -0.25) is 9.78 Å². The fourth-order valence-corrected chi connectivity index (χ4v) is 3.13. The zero-order valence-electron chi connectivity index (χ0n) is 15.4. The van der Waals surface area contributed by atoms with Crippen molar-refractivity contribution >= 4 is 5.91 Å². The maximum atomic E-state index is 12.8. The molecule has 0 aliphatic carbocycles. The van der Waals surface area contributed by atoms with Crippen LogP contribution < -0.4 is 5.32 Å². The molecule has 0 saturated carbocycles. The summed E-state index contributed by atoms with van der Waals surface area (Å²) in [7, 11) is 1.95. The Hall–Kier alpha value is -2.95. The zero-order valence-corrected chi connectivity index (χ0v) is 15.4. The van der Waals surface area contributed by atoms with Gasteiger partial charge in [-0.2, -0.15) is 0 Å². The molecule has 0 bridgehead atoms. The third kappa shape index (κ3) is 3.82. The van der Waals surface area contributed by atoms with E-state index < -0.39 is 0 Å². The fraction of sp³-hybridized carbons (Fsp3) is 0.286. The summed E-state index contributed by atoms with van der Waals surface area (Å²) in [6, 6.07) is 9.58. The maximum absolute atomic E-state index is 12.8. The van der Waals surface area contributed by atoms with E-state index in [1.165, 1.54) is 0 Å². The van der Waals surface area contributed by atoms with Gasteiger partial charge in [0.2, 0.25) is 0 Å². The molecule has 0 spiro atoms. The lowest BCUT2D eigenvalue weighted by Crippen LogP contribution is -2.30. The highest BCUT2D eigenvalue weighted by atomic mass is 16.1. The highest BCUT2D eigenvalue weighted by molar-refractivity contribution is 5.95. The first-order chi connectivity index (χ1) is 12.6. The fourth-order valence-electron chi connectivity index (χ4n) is 3.13. The van der Waals surface area contributed by atoms with Crippen molar-refractivity contribution in [1.29, 1.82) is 0 Å². The minimum atomic E-state index is -0.0983. The van der Waals surface area contributed by atoms with Crippen molar-refractivity contribution in [2.24, 2.45) is 7.05 Å². The molecule has 0 aliphatic rings. The predicted molar refractivity (Wildman–Crippen MR) is 103 cm³/mol. The van der Waals surface area contributed by atoms with Crippen LogP contribution in [0.25, 0.3) is 11.1 Å². The molecular formula is C21H24N4O. The van der Waals surface area contributed by atoms with E-state index in [1.54, 1.807) is 12.4 Å². The lowest BCUT2D eigenvalue weighted by molar-refractivity contribution is 0.0932. The van der Waals surface area contributed by atoms with Crippen molar-refractivity contribution < 1.29 is 4.79 Å². The maximum Gasteiger partial charge on any atom is 0.251 e. The summed E-state index contributed by atoms with van der Waals surface area (Å²) in [5.41, 5.74) is 3.83. The predicted octanol–water partition coefficient (Wildman–Crippen LogP) is 4.06. The van der Waals surface area contributed by atoms with Gasteiger partial charge in [-0.25, -0.2) is 4.98 Å². The van der Waals surface area contributed by atoms with Crippen LogP contribution in [0, 0.1) is 6.92 Å². The van der Waals surface area contributed by atoms with Crippen molar-refractivity contribution in [3.63, 3.8) is 0 Å². The van der Waals surface area contributed by atoms with Crippen LogP contribution in [0.4, 0.5) is 0 Å². The number of benzene rings is 1. The Morgan fingerprint density at radius 3 is 2.81 bits per heavy atom. The standard InChI is InChI=1S/C21H24N4O/c1-4-6-19(20-23-11-12-25(20)3)24-21(26)17-8-5-7-16(13-17)18-9-10-22-14-15(18)2/h5,7-14,19H,4,6H2,1-3H3,(H,24,26)/t19-/m0/s1. The summed E-state index contributed by atoms with van der Waals surface area (Å²) in [5, 5.41) is 3.14. The largest absolute Gasteiger partial charge is 0.342 e. The van der Waals surface area contributed by atoms with Gasteiger partial charge in [0.15, 0.2) is 0 Å². The summed E-state index contributed by atoms with van der Waals surface area (Å²) < 4.78 is 1.96. The second-order valence-electron chi connectivity index (χ2n) is 6.48. The minimum absolute atomic E-state index is 0.0833. The molecule has 1 atom stereocenters. The Balaban J connectivity index is 1.85. The lowest BCUT2D eigenvalue weighted by atomic mass is 10.00. The SMILES string of the molecule is CCC[C@H](NC(=O)c1cccc(-c2ccncc2C)c1)c1nccn1C. The van der Waals surface area contributed by atoms with E-state index in [1.807, 2.05) is 61.3 Å². The summed E-state index contributed by atoms with van der Waals surface area (Å²) in [4.78, 5) is 21.4. The Morgan fingerprint density at radius 2 is 2.12 bits per heavy atom.